The highest BCUT2D eigenvalue weighted by atomic mass is 16.7. The molecule has 2 heterocycles. The first-order chi connectivity index (χ1) is 13.2. The fraction of sp³-hybridized carbons (Fsp3) is 0.333. The lowest BCUT2D eigenvalue weighted by atomic mass is 9.91. The van der Waals surface area contributed by atoms with E-state index in [2.05, 4.69) is 13.0 Å². The summed E-state index contributed by atoms with van der Waals surface area (Å²) in [6.45, 7) is 2.29. The van der Waals surface area contributed by atoms with E-state index < -0.39 is 0 Å². The van der Waals surface area contributed by atoms with Crippen LogP contribution in [0.2, 0.25) is 0 Å². The molecule has 27 heavy (non-hydrogen) atoms. The molecular weight excluding hydrogens is 348 g/mol. The molecule has 2 unspecified atom stereocenters. The molecule has 2 aromatic rings. The van der Waals surface area contributed by atoms with Gasteiger partial charge in [0.05, 0.1) is 20.8 Å². The molecule has 4 rings (SSSR count). The van der Waals surface area contributed by atoms with E-state index in [0.29, 0.717) is 23.0 Å². The van der Waals surface area contributed by atoms with Crippen LogP contribution in [0.4, 0.5) is 0 Å². The first kappa shape index (κ1) is 17.5. The number of rotatable bonds is 5. The third kappa shape index (κ3) is 2.96. The molecule has 0 aromatic heterocycles. The van der Waals surface area contributed by atoms with Gasteiger partial charge in [-0.2, -0.15) is 0 Å². The van der Waals surface area contributed by atoms with Crippen molar-refractivity contribution in [2.75, 3.05) is 27.6 Å². The van der Waals surface area contributed by atoms with Gasteiger partial charge in [-0.3, -0.25) is 0 Å². The van der Waals surface area contributed by atoms with E-state index in [1.807, 2.05) is 24.3 Å². The highest BCUT2D eigenvalue weighted by molar-refractivity contribution is 5.63. The molecule has 0 saturated heterocycles. The van der Waals surface area contributed by atoms with Gasteiger partial charge in [-0.15, -0.1) is 0 Å². The number of aliphatic hydroxyl groups is 1. The second-order valence-corrected chi connectivity index (χ2v) is 6.51. The van der Waals surface area contributed by atoms with Gasteiger partial charge < -0.3 is 28.8 Å². The Kier molecular flexibility index (Phi) is 4.58. The van der Waals surface area contributed by atoms with E-state index in [1.165, 1.54) is 0 Å². The lowest BCUT2D eigenvalue weighted by molar-refractivity contribution is 0.171. The number of ether oxygens (including phenoxy) is 5. The van der Waals surface area contributed by atoms with Crippen molar-refractivity contribution in [2.45, 2.75) is 18.9 Å². The highest BCUT2D eigenvalue weighted by Crippen LogP contribution is 2.53. The van der Waals surface area contributed by atoms with Crippen LogP contribution in [-0.4, -0.2) is 32.7 Å². The summed E-state index contributed by atoms with van der Waals surface area (Å²) in [4.78, 5) is 0. The molecule has 0 bridgehead atoms. The minimum atomic E-state index is -0.200. The van der Waals surface area contributed by atoms with E-state index in [9.17, 15) is 0 Å². The zero-order valence-corrected chi connectivity index (χ0v) is 15.5. The standard InChI is InChI=1S/C21H22O6/c1-12-15-7-13(5-4-6-22)8-16(23-2)20(15)27-19(12)14-9-17(24-3)21-18(10-14)25-11-26-21/h4-5,7-10,12,19,22H,6,11H2,1-3H3. The summed E-state index contributed by atoms with van der Waals surface area (Å²) < 4.78 is 28.3. The summed E-state index contributed by atoms with van der Waals surface area (Å²) in [6, 6.07) is 7.84. The van der Waals surface area contributed by atoms with Gasteiger partial charge in [-0.1, -0.05) is 19.1 Å². The normalized spacial score (nSPS) is 19.9. The van der Waals surface area contributed by atoms with Crippen molar-refractivity contribution in [1.82, 2.24) is 0 Å². The van der Waals surface area contributed by atoms with Gasteiger partial charge in [-0.05, 0) is 29.8 Å². The quantitative estimate of drug-likeness (QED) is 0.866. The second kappa shape index (κ2) is 7.04. The van der Waals surface area contributed by atoms with Crippen LogP contribution in [0.5, 0.6) is 28.7 Å². The zero-order valence-electron chi connectivity index (χ0n) is 15.5. The Hall–Kier alpha value is -2.86. The number of methoxy groups -OCH3 is 2. The second-order valence-electron chi connectivity index (χ2n) is 6.51. The molecule has 0 spiro atoms. The number of benzene rings is 2. The van der Waals surface area contributed by atoms with E-state index in [4.69, 9.17) is 28.8 Å². The molecule has 0 saturated carbocycles. The zero-order chi connectivity index (χ0) is 19.0. The number of aliphatic hydroxyl groups excluding tert-OH is 1. The Morgan fingerprint density at radius 3 is 2.59 bits per heavy atom. The summed E-state index contributed by atoms with van der Waals surface area (Å²) in [5, 5.41) is 9.04. The molecule has 0 aliphatic carbocycles. The average molecular weight is 370 g/mol. The maximum absolute atomic E-state index is 9.04. The van der Waals surface area contributed by atoms with Gasteiger partial charge >= 0.3 is 0 Å². The predicted octanol–water partition coefficient (Wildman–Crippen LogP) is 3.68. The third-order valence-electron chi connectivity index (χ3n) is 4.94. The lowest BCUT2D eigenvalue weighted by Crippen LogP contribution is -2.07. The molecule has 2 atom stereocenters. The Morgan fingerprint density at radius 2 is 1.85 bits per heavy atom. The number of hydrogen-bond acceptors (Lipinski definition) is 6. The average Bonchev–Trinajstić information content (AvgIpc) is 3.29. The van der Waals surface area contributed by atoms with Gasteiger partial charge in [0.2, 0.25) is 12.5 Å². The summed E-state index contributed by atoms with van der Waals surface area (Å²) in [5.74, 6) is 3.43. The first-order valence-corrected chi connectivity index (χ1v) is 8.79. The molecule has 6 heteroatoms. The van der Waals surface area contributed by atoms with Crippen LogP contribution in [0, 0.1) is 0 Å². The molecule has 2 aromatic carbocycles. The molecule has 0 radical (unpaired) electrons. The van der Waals surface area contributed by atoms with Crippen molar-refractivity contribution in [1.29, 1.82) is 0 Å². The van der Waals surface area contributed by atoms with Crippen molar-refractivity contribution in [2.24, 2.45) is 0 Å². The van der Waals surface area contributed by atoms with Crippen LogP contribution in [0.25, 0.3) is 6.08 Å². The molecule has 0 fully saturated rings. The maximum atomic E-state index is 9.04. The highest BCUT2D eigenvalue weighted by Gasteiger charge is 2.36. The lowest BCUT2D eigenvalue weighted by Gasteiger charge is -2.17. The summed E-state index contributed by atoms with van der Waals surface area (Å²) >= 11 is 0. The fourth-order valence-electron chi connectivity index (χ4n) is 3.61. The maximum Gasteiger partial charge on any atom is 0.231 e. The van der Waals surface area contributed by atoms with Crippen LogP contribution in [0.1, 0.15) is 35.6 Å². The van der Waals surface area contributed by atoms with Crippen LogP contribution >= 0.6 is 0 Å². The summed E-state index contributed by atoms with van der Waals surface area (Å²) in [6.07, 6.45) is 3.36. The number of fused-ring (bicyclic) bond motifs is 2. The smallest absolute Gasteiger partial charge is 0.231 e. The van der Waals surface area contributed by atoms with Crippen molar-refractivity contribution in [3.05, 3.63) is 47.0 Å². The van der Waals surface area contributed by atoms with Crippen LogP contribution in [0.3, 0.4) is 0 Å². The SMILES string of the molecule is COc1cc(C2Oc3c(OC)cc(C=CCO)cc3C2C)cc2c1OCO2. The van der Waals surface area contributed by atoms with Gasteiger partial charge in [0.25, 0.3) is 0 Å². The molecule has 142 valence electrons. The molecule has 6 nitrogen and oxygen atoms in total. The third-order valence-corrected chi connectivity index (χ3v) is 4.94. The van der Waals surface area contributed by atoms with Crippen LogP contribution < -0.4 is 23.7 Å². The summed E-state index contributed by atoms with van der Waals surface area (Å²) in [5.41, 5.74) is 2.97. The van der Waals surface area contributed by atoms with Gasteiger partial charge in [0, 0.05) is 17.0 Å². The minimum absolute atomic E-state index is 0.00886. The van der Waals surface area contributed by atoms with Crippen molar-refractivity contribution in [3.8, 4) is 28.7 Å². The Labute approximate surface area is 157 Å². The van der Waals surface area contributed by atoms with Crippen molar-refractivity contribution in [3.63, 3.8) is 0 Å². The largest absolute Gasteiger partial charge is 0.493 e. The monoisotopic (exact) mass is 370 g/mol. The molecular formula is C21H22O6. The van der Waals surface area contributed by atoms with Gasteiger partial charge in [-0.25, -0.2) is 0 Å². The van der Waals surface area contributed by atoms with E-state index in [-0.39, 0.29) is 25.4 Å². The topological polar surface area (TPSA) is 66.4 Å². The number of hydrogen-bond donors (Lipinski definition) is 1. The van der Waals surface area contributed by atoms with E-state index >= 15 is 0 Å². The first-order valence-electron chi connectivity index (χ1n) is 8.79. The Bertz CT molecular complexity index is 889. The van der Waals surface area contributed by atoms with Gasteiger partial charge in [0.15, 0.2) is 23.0 Å². The minimum Gasteiger partial charge on any atom is -0.493 e. The summed E-state index contributed by atoms with van der Waals surface area (Å²) in [7, 11) is 3.23. The molecule has 2 aliphatic rings. The molecule has 1 N–H and O–H groups in total. The predicted molar refractivity (Wildman–Crippen MR) is 100 cm³/mol. The van der Waals surface area contributed by atoms with Crippen LogP contribution in [-0.2, 0) is 0 Å². The Balaban J connectivity index is 1.74. The van der Waals surface area contributed by atoms with E-state index in [0.717, 1.165) is 22.4 Å². The van der Waals surface area contributed by atoms with Crippen molar-refractivity contribution < 1.29 is 28.8 Å². The van der Waals surface area contributed by atoms with Crippen LogP contribution in [0.15, 0.2) is 30.3 Å². The van der Waals surface area contributed by atoms with E-state index in [1.54, 1.807) is 20.3 Å². The Morgan fingerprint density at radius 1 is 1.07 bits per heavy atom. The fourth-order valence-corrected chi connectivity index (χ4v) is 3.61. The molecule has 2 aliphatic heterocycles. The molecule has 0 amide bonds. The van der Waals surface area contributed by atoms with Crippen molar-refractivity contribution >= 4 is 6.08 Å². The van der Waals surface area contributed by atoms with Gasteiger partial charge in [0.1, 0.15) is 6.10 Å².